The molecule has 0 aliphatic carbocycles. The molecule has 0 fully saturated rings. The van der Waals surface area contributed by atoms with E-state index in [1.54, 1.807) is 6.20 Å². The Bertz CT molecular complexity index is 627. The summed E-state index contributed by atoms with van der Waals surface area (Å²) in [6.07, 6.45) is 3.04. The van der Waals surface area contributed by atoms with Gasteiger partial charge in [-0.15, -0.1) is 0 Å². The van der Waals surface area contributed by atoms with Gasteiger partial charge in [0.05, 0.1) is 5.69 Å². The van der Waals surface area contributed by atoms with Crippen molar-refractivity contribution < 1.29 is 4.79 Å². The number of carbonyl (C=O) groups is 1. The summed E-state index contributed by atoms with van der Waals surface area (Å²) in [4.78, 5) is 19.6. The normalized spacial score (nSPS) is 13.9. The van der Waals surface area contributed by atoms with Crippen molar-refractivity contribution in [2.24, 2.45) is 0 Å². The van der Waals surface area contributed by atoms with Crippen molar-refractivity contribution in [1.82, 2.24) is 9.97 Å². The molecular formula is C13H10BrN3O. The van der Waals surface area contributed by atoms with Gasteiger partial charge in [-0.3, -0.25) is 4.79 Å². The Morgan fingerprint density at radius 1 is 1.22 bits per heavy atom. The van der Waals surface area contributed by atoms with Crippen LogP contribution in [0.4, 0.5) is 5.69 Å². The number of benzene rings is 1. The first-order chi connectivity index (χ1) is 8.72. The van der Waals surface area contributed by atoms with E-state index in [0.717, 1.165) is 28.9 Å². The number of nitrogens with one attached hydrogen (secondary N) is 1. The molecule has 0 unspecified atom stereocenters. The van der Waals surface area contributed by atoms with Gasteiger partial charge >= 0.3 is 0 Å². The summed E-state index contributed by atoms with van der Waals surface area (Å²) in [5.41, 5.74) is 3.97. The molecule has 2 heterocycles. The molecule has 2 aromatic rings. The van der Waals surface area contributed by atoms with E-state index in [1.807, 2.05) is 18.2 Å². The van der Waals surface area contributed by atoms with E-state index < -0.39 is 0 Å². The summed E-state index contributed by atoms with van der Waals surface area (Å²) >= 11 is 3.26. The summed E-state index contributed by atoms with van der Waals surface area (Å²) in [6, 6.07) is 7.83. The minimum Gasteiger partial charge on any atom is -0.326 e. The lowest BCUT2D eigenvalue weighted by atomic mass is 9.99. The number of rotatable bonds is 1. The molecule has 1 amide bonds. The zero-order valence-electron chi connectivity index (χ0n) is 9.48. The fourth-order valence-electron chi connectivity index (χ4n) is 2.04. The van der Waals surface area contributed by atoms with Gasteiger partial charge in [0.2, 0.25) is 5.91 Å². The first-order valence-corrected chi connectivity index (χ1v) is 6.43. The Kier molecular flexibility index (Phi) is 2.83. The van der Waals surface area contributed by atoms with Crippen molar-refractivity contribution in [2.45, 2.75) is 12.8 Å². The largest absolute Gasteiger partial charge is 0.326 e. The van der Waals surface area contributed by atoms with Crippen LogP contribution < -0.4 is 5.32 Å². The average Bonchev–Trinajstić information content (AvgIpc) is 2.38. The first kappa shape index (κ1) is 11.3. The Morgan fingerprint density at radius 3 is 2.94 bits per heavy atom. The fourth-order valence-corrected chi connectivity index (χ4v) is 2.35. The summed E-state index contributed by atoms with van der Waals surface area (Å²) in [5, 5.41) is 2.87. The molecule has 90 valence electrons. The summed E-state index contributed by atoms with van der Waals surface area (Å²) in [6.45, 7) is 0. The van der Waals surface area contributed by atoms with Gasteiger partial charge in [0, 0.05) is 23.9 Å². The zero-order valence-corrected chi connectivity index (χ0v) is 11.1. The zero-order chi connectivity index (χ0) is 12.5. The van der Waals surface area contributed by atoms with Gasteiger partial charge in [-0.2, -0.15) is 0 Å². The maximum absolute atomic E-state index is 11.3. The van der Waals surface area contributed by atoms with E-state index in [9.17, 15) is 4.79 Å². The topological polar surface area (TPSA) is 54.9 Å². The van der Waals surface area contributed by atoms with Gasteiger partial charge in [0.1, 0.15) is 0 Å². The van der Waals surface area contributed by atoms with Crippen LogP contribution in [0.1, 0.15) is 12.0 Å². The molecule has 0 radical (unpaired) electrons. The van der Waals surface area contributed by atoms with Crippen LogP contribution in [0.5, 0.6) is 0 Å². The molecule has 1 aliphatic rings. The molecule has 0 bridgehead atoms. The van der Waals surface area contributed by atoms with Crippen molar-refractivity contribution in [1.29, 1.82) is 0 Å². The Labute approximate surface area is 113 Å². The molecule has 0 spiro atoms. The molecule has 0 saturated carbocycles. The number of aromatic nitrogens is 2. The smallest absolute Gasteiger partial charge is 0.224 e. The number of amides is 1. The lowest BCUT2D eigenvalue weighted by Gasteiger charge is -2.17. The number of nitrogens with zero attached hydrogens (tertiary/aromatic N) is 2. The number of hydrogen-bond acceptors (Lipinski definition) is 3. The highest BCUT2D eigenvalue weighted by Crippen LogP contribution is 2.27. The van der Waals surface area contributed by atoms with Gasteiger partial charge in [0.25, 0.3) is 0 Å². The van der Waals surface area contributed by atoms with Crippen LogP contribution in [0.2, 0.25) is 0 Å². The molecule has 1 aliphatic heterocycles. The number of halogens is 1. The van der Waals surface area contributed by atoms with Crippen LogP contribution >= 0.6 is 15.9 Å². The molecule has 0 saturated heterocycles. The standard InChI is InChI=1S/C13H10BrN3O/c14-13-15-6-5-11(17-13)8-1-3-10-9(7-8)2-4-12(18)16-10/h1,3,5-7H,2,4H2,(H,16,18). The number of anilines is 1. The first-order valence-electron chi connectivity index (χ1n) is 5.64. The molecule has 5 heteroatoms. The van der Waals surface area contributed by atoms with E-state index in [1.165, 1.54) is 0 Å². The quantitative estimate of drug-likeness (QED) is 0.824. The van der Waals surface area contributed by atoms with E-state index >= 15 is 0 Å². The molecule has 1 aromatic heterocycles. The Morgan fingerprint density at radius 2 is 2.11 bits per heavy atom. The Hall–Kier alpha value is -1.75. The lowest BCUT2D eigenvalue weighted by molar-refractivity contribution is -0.116. The number of carbonyl (C=O) groups excluding carboxylic acids is 1. The molecule has 4 nitrogen and oxygen atoms in total. The molecule has 18 heavy (non-hydrogen) atoms. The highest BCUT2D eigenvalue weighted by molar-refractivity contribution is 9.10. The Balaban J connectivity index is 2.02. The van der Waals surface area contributed by atoms with E-state index in [4.69, 9.17) is 0 Å². The van der Waals surface area contributed by atoms with Gasteiger partial charge < -0.3 is 5.32 Å². The number of hydrogen-bond donors (Lipinski definition) is 1. The molecule has 3 rings (SSSR count). The maximum Gasteiger partial charge on any atom is 0.224 e. The van der Waals surface area contributed by atoms with Crippen LogP contribution in [0.15, 0.2) is 35.2 Å². The highest BCUT2D eigenvalue weighted by atomic mass is 79.9. The van der Waals surface area contributed by atoms with Gasteiger partial charge in [-0.25, -0.2) is 9.97 Å². The van der Waals surface area contributed by atoms with Crippen LogP contribution in [0, 0.1) is 0 Å². The SMILES string of the molecule is O=C1CCc2cc(-c3ccnc(Br)n3)ccc2N1. The summed E-state index contributed by atoms with van der Waals surface area (Å²) < 4.78 is 0.575. The second-order valence-corrected chi connectivity index (χ2v) is 4.84. The van der Waals surface area contributed by atoms with E-state index in [-0.39, 0.29) is 5.91 Å². The van der Waals surface area contributed by atoms with Crippen LogP contribution in [-0.2, 0) is 11.2 Å². The van der Waals surface area contributed by atoms with Crippen molar-refractivity contribution in [2.75, 3.05) is 5.32 Å². The van der Waals surface area contributed by atoms with Crippen LogP contribution in [-0.4, -0.2) is 15.9 Å². The molecule has 1 N–H and O–H groups in total. The molecule has 0 atom stereocenters. The van der Waals surface area contributed by atoms with Crippen LogP contribution in [0.3, 0.4) is 0 Å². The van der Waals surface area contributed by atoms with Crippen LogP contribution in [0.25, 0.3) is 11.3 Å². The predicted molar refractivity (Wildman–Crippen MR) is 72.1 cm³/mol. The average molecular weight is 304 g/mol. The van der Waals surface area contributed by atoms with Crippen molar-refractivity contribution in [3.63, 3.8) is 0 Å². The molecule has 1 aromatic carbocycles. The van der Waals surface area contributed by atoms with Crippen molar-refractivity contribution >= 4 is 27.5 Å². The third kappa shape index (κ3) is 2.13. The van der Waals surface area contributed by atoms with Crippen molar-refractivity contribution in [3.8, 4) is 11.3 Å². The third-order valence-electron chi connectivity index (χ3n) is 2.92. The highest BCUT2D eigenvalue weighted by Gasteiger charge is 2.15. The summed E-state index contributed by atoms with van der Waals surface area (Å²) in [7, 11) is 0. The summed E-state index contributed by atoms with van der Waals surface area (Å²) in [5.74, 6) is 0.0834. The predicted octanol–water partition coefficient (Wildman–Crippen LogP) is 2.79. The van der Waals surface area contributed by atoms with E-state index in [2.05, 4.69) is 37.3 Å². The lowest BCUT2D eigenvalue weighted by Crippen LogP contribution is -2.18. The van der Waals surface area contributed by atoms with E-state index in [0.29, 0.717) is 11.2 Å². The monoisotopic (exact) mass is 303 g/mol. The number of aryl methyl sites for hydroxylation is 1. The van der Waals surface area contributed by atoms with Gasteiger partial charge in [-0.1, -0.05) is 6.07 Å². The maximum atomic E-state index is 11.3. The minimum absolute atomic E-state index is 0.0834. The van der Waals surface area contributed by atoms with Gasteiger partial charge in [-0.05, 0) is 46.1 Å². The van der Waals surface area contributed by atoms with Crippen molar-refractivity contribution in [3.05, 3.63) is 40.8 Å². The second-order valence-electron chi connectivity index (χ2n) is 4.13. The minimum atomic E-state index is 0.0834. The number of fused-ring (bicyclic) bond motifs is 1. The molecular weight excluding hydrogens is 294 g/mol. The second kappa shape index (κ2) is 4.49. The fraction of sp³-hybridized carbons (Fsp3) is 0.154. The van der Waals surface area contributed by atoms with Gasteiger partial charge in [0.15, 0.2) is 4.73 Å². The third-order valence-corrected chi connectivity index (χ3v) is 3.30.